The quantitative estimate of drug-likeness (QED) is 0.0580. The summed E-state index contributed by atoms with van der Waals surface area (Å²) >= 11 is 0. The Kier molecular flexibility index (Phi) is 17.1. The summed E-state index contributed by atoms with van der Waals surface area (Å²) in [5.41, 5.74) is 5.49. The Morgan fingerprint density at radius 1 is 0.843 bits per heavy atom. The van der Waals surface area contributed by atoms with E-state index in [1.807, 2.05) is 6.92 Å². The predicted octanol–water partition coefficient (Wildman–Crippen LogP) is 2.47. The molecule has 1 aliphatic heterocycles. The summed E-state index contributed by atoms with van der Waals surface area (Å²) < 4.78 is 12.9. The number of aliphatic hydroxyl groups excluding tert-OH is 1. The summed E-state index contributed by atoms with van der Waals surface area (Å²) in [6.07, 6.45) is 12.0. The van der Waals surface area contributed by atoms with Gasteiger partial charge in [0.1, 0.15) is 18.1 Å². The van der Waals surface area contributed by atoms with E-state index in [9.17, 15) is 24.3 Å². The number of nitrogens with two attached hydrogens (primary N) is 1. The van der Waals surface area contributed by atoms with Crippen LogP contribution in [0.15, 0.2) is 0 Å². The van der Waals surface area contributed by atoms with Gasteiger partial charge in [-0.25, -0.2) is 0 Å². The Bertz CT molecular complexity index is 1140. The Labute approximate surface area is 307 Å². The van der Waals surface area contributed by atoms with Crippen molar-refractivity contribution in [3.8, 4) is 0 Å². The number of aliphatic hydroxyl groups is 1. The SMILES string of the molecule is CCCCCCCCCCNCC(=O)NC(C(=O)NC(C)C(=O)NC(CCCCN)C(=O)NC(C)B1OC2CC3CC(C3(C)C)C2(C)O1)C(C)O. The van der Waals surface area contributed by atoms with E-state index in [0.717, 1.165) is 25.7 Å². The zero-order valence-electron chi connectivity index (χ0n) is 32.5. The molecule has 0 aromatic rings. The van der Waals surface area contributed by atoms with E-state index in [2.05, 4.69) is 54.3 Å². The first-order valence-corrected chi connectivity index (χ1v) is 19.8. The van der Waals surface area contributed by atoms with Crippen molar-refractivity contribution >= 4 is 30.7 Å². The fourth-order valence-corrected chi connectivity index (χ4v) is 8.15. The summed E-state index contributed by atoms with van der Waals surface area (Å²) in [6, 6.07) is -3.18. The highest BCUT2D eigenvalue weighted by atomic mass is 16.7. The molecule has 0 aromatic heterocycles. The van der Waals surface area contributed by atoms with Crippen LogP contribution < -0.4 is 32.3 Å². The van der Waals surface area contributed by atoms with E-state index in [0.29, 0.717) is 44.2 Å². The molecule has 3 saturated carbocycles. The topological polar surface area (TPSA) is 193 Å². The molecule has 4 aliphatic rings. The molecule has 3 aliphatic carbocycles. The third kappa shape index (κ3) is 11.9. The minimum absolute atomic E-state index is 0.0109. The van der Waals surface area contributed by atoms with E-state index in [-0.39, 0.29) is 24.0 Å². The second kappa shape index (κ2) is 20.3. The van der Waals surface area contributed by atoms with Crippen molar-refractivity contribution in [2.75, 3.05) is 19.6 Å². The van der Waals surface area contributed by atoms with Crippen LogP contribution in [-0.4, -0.2) is 97.4 Å². The predicted molar refractivity (Wildman–Crippen MR) is 199 cm³/mol. The molecule has 4 rings (SSSR count). The molecule has 2 bridgehead atoms. The maximum atomic E-state index is 13.5. The van der Waals surface area contributed by atoms with Gasteiger partial charge < -0.3 is 46.7 Å². The highest BCUT2D eigenvalue weighted by Gasteiger charge is 2.68. The fraction of sp³-hybridized carbons (Fsp3) is 0.892. The monoisotopic (exact) mass is 721 g/mol. The molecule has 8 N–H and O–H groups in total. The van der Waals surface area contributed by atoms with E-state index in [4.69, 9.17) is 15.0 Å². The van der Waals surface area contributed by atoms with Crippen LogP contribution in [0.25, 0.3) is 0 Å². The molecule has 9 unspecified atom stereocenters. The number of amides is 4. The first kappa shape index (κ1) is 43.2. The zero-order valence-corrected chi connectivity index (χ0v) is 32.5. The molecule has 1 saturated heterocycles. The van der Waals surface area contributed by atoms with Crippen LogP contribution in [0.4, 0.5) is 0 Å². The lowest BCUT2D eigenvalue weighted by molar-refractivity contribution is -0.199. The standard InChI is InChI=1S/C37H69BN6O7/c1-8-9-10-11-12-13-14-17-20-40-23-31(46)44-32(25(3)45)35(49)41-24(2)33(47)43-28(18-15-16-19-39)34(48)42-26(4)38-50-30-22-27-21-29(36(27,5)6)37(30,7)51-38/h24-30,32,40,45H,8-23,39H2,1-7H3,(H,41,49)(H,42,48)(H,43,47)(H,44,46). The van der Waals surface area contributed by atoms with Gasteiger partial charge in [0.25, 0.3) is 0 Å². The molecule has 0 radical (unpaired) electrons. The second-order valence-electron chi connectivity index (χ2n) is 16.1. The van der Waals surface area contributed by atoms with Crippen molar-refractivity contribution in [2.24, 2.45) is 23.0 Å². The summed E-state index contributed by atoms with van der Waals surface area (Å²) in [7, 11) is -0.606. The summed E-state index contributed by atoms with van der Waals surface area (Å²) in [4.78, 5) is 52.5. The van der Waals surface area contributed by atoms with Crippen molar-refractivity contribution in [3.63, 3.8) is 0 Å². The molecule has 51 heavy (non-hydrogen) atoms. The van der Waals surface area contributed by atoms with Gasteiger partial charge in [-0.15, -0.1) is 0 Å². The summed E-state index contributed by atoms with van der Waals surface area (Å²) in [5, 5.41) is 24.3. The van der Waals surface area contributed by atoms with Gasteiger partial charge >= 0.3 is 7.12 Å². The third-order valence-corrected chi connectivity index (χ3v) is 11.7. The molecule has 14 heteroatoms. The van der Waals surface area contributed by atoms with Gasteiger partial charge in [-0.3, -0.25) is 19.2 Å². The van der Waals surface area contributed by atoms with E-state index in [1.54, 1.807) is 0 Å². The van der Waals surface area contributed by atoms with Gasteiger partial charge in [0.2, 0.25) is 23.6 Å². The van der Waals surface area contributed by atoms with Crippen molar-refractivity contribution in [1.82, 2.24) is 26.6 Å². The number of hydrogen-bond donors (Lipinski definition) is 7. The number of hydrogen-bond acceptors (Lipinski definition) is 9. The molecular weight excluding hydrogens is 651 g/mol. The number of carbonyl (C=O) groups excluding carboxylic acids is 4. The molecule has 4 amide bonds. The van der Waals surface area contributed by atoms with Gasteiger partial charge in [-0.2, -0.15) is 0 Å². The minimum Gasteiger partial charge on any atom is -0.404 e. The average molecular weight is 721 g/mol. The van der Waals surface area contributed by atoms with Gasteiger partial charge in [0.05, 0.1) is 30.3 Å². The second-order valence-corrected chi connectivity index (χ2v) is 16.1. The molecule has 0 spiro atoms. The van der Waals surface area contributed by atoms with Crippen LogP contribution in [0.3, 0.4) is 0 Å². The van der Waals surface area contributed by atoms with Crippen molar-refractivity contribution in [2.45, 2.75) is 174 Å². The molecule has 9 atom stereocenters. The summed E-state index contributed by atoms with van der Waals surface area (Å²) in [5.74, 6) is -1.54. The lowest BCUT2D eigenvalue weighted by Crippen LogP contribution is -2.65. The van der Waals surface area contributed by atoms with E-state index < -0.39 is 60.6 Å². The highest BCUT2D eigenvalue weighted by molar-refractivity contribution is 6.47. The fourth-order valence-electron chi connectivity index (χ4n) is 8.15. The van der Waals surface area contributed by atoms with Gasteiger partial charge in [-0.05, 0) is 96.6 Å². The summed E-state index contributed by atoms with van der Waals surface area (Å²) in [6.45, 7) is 14.8. The first-order chi connectivity index (χ1) is 24.1. The number of nitrogens with one attached hydrogen (secondary N) is 5. The Hall–Kier alpha value is -2.26. The Morgan fingerprint density at radius 3 is 2.14 bits per heavy atom. The van der Waals surface area contributed by atoms with Crippen LogP contribution in [0.5, 0.6) is 0 Å². The first-order valence-electron chi connectivity index (χ1n) is 19.8. The largest absolute Gasteiger partial charge is 0.481 e. The van der Waals surface area contributed by atoms with Gasteiger partial charge in [0, 0.05) is 0 Å². The highest BCUT2D eigenvalue weighted by Crippen LogP contribution is 2.65. The van der Waals surface area contributed by atoms with Gasteiger partial charge in [-0.1, -0.05) is 65.7 Å². The number of carbonyl (C=O) groups is 4. The van der Waals surface area contributed by atoms with Crippen LogP contribution in [0, 0.1) is 17.3 Å². The van der Waals surface area contributed by atoms with Crippen LogP contribution in [0.2, 0.25) is 0 Å². The van der Waals surface area contributed by atoms with Crippen molar-refractivity contribution in [3.05, 3.63) is 0 Å². The molecule has 1 heterocycles. The Balaban J connectivity index is 1.46. The minimum atomic E-state index is -1.25. The number of unbranched alkanes of at least 4 members (excludes halogenated alkanes) is 8. The molecular formula is C37H69BN6O7. The van der Waals surface area contributed by atoms with Gasteiger partial charge in [0.15, 0.2) is 0 Å². The van der Waals surface area contributed by atoms with Crippen molar-refractivity contribution < 1.29 is 33.6 Å². The number of rotatable bonds is 24. The lowest BCUT2D eigenvalue weighted by atomic mass is 9.43. The van der Waals surface area contributed by atoms with Crippen LogP contribution in [-0.2, 0) is 28.5 Å². The normalized spacial score (nSPS) is 26.1. The van der Waals surface area contributed by atoms with Crippen LogP contribution >= 0.6 is 0 Å². The maximum Gasteiger partial charge on any atom is 0.481 e. The van der Waals surface area contributed by atoms with E-state index >= 15 is 0 Å². The average Bonchev–Trinajstić information content (AvgIpc) is 3.44. The Morgan fingerprint density at radius 2 is 1.51 bits per heavy atom. The molecule has 0 aromatic carbocycles. The molecule has 13 nitrogen and oxygen atoms in total. The molecule has 4 fully saturated rings. The van der Waals surface area contributed by atoms with E-state index in [1.165, 1.54) is 52.4 Å². The zero-order chi connectivity index (χ0) is 37.8. The third-order valence-electron chi connectivity index (χ3n) is 11.7. The maximum absolute atomic E-state index is 13.5. The van der Waals surface area contributed by atoms with Crippen LogP contribution in [0.1, 0.15) is 132 Å². The smallest absolute Gasteiger partial charge is 0.404 e. The molecule has 292 valence electrons. The van der Waals surface area contributed by atoms with Crippen molar-refractivity contribution in [1.29, 1.82) is 0 Å². The lowest BCUT2D eigenvalue weighted by Gasteiger charge is -2.64.